The highest BCUT2D eigenvalue weighted by Crippen LogP contribution is 2.19. The standard InChI is InChI=1S/C24H30ClFN2O2/c1-4-17(3)27-24(30)22(5-2)28(16-18-10-13-20(26)14-11-18)23(29)15-12-19-8-6-7-9-21(19)25/h6-11,13-14,17,22H,4-5,12,15-16H2,1-3H3,(H,27,30)/t17-,22+/m1/s1. The highest BCUT2D eigenvalue weighted by molar-refractivity contribution is 6.31. The van der Waals surface area contributed by atoms with Crippen molar-refractivity contribution in [3.8, 4) is 0 Å². The molecule has 0 fully saturated rings. The lowest BCUT2D eigenvalue weighted by atomic mass is 10.1. The number of hydrogen-bond acceptors (Lipinski definition) is 2. The second-order valence-corrected chi connectivity index (χ2v) is 7.89. The summed E-state index contributed by atoms with van der Waals surface area (Å²) in [5.74, 6) is -0.637. The third-order valence-electron chi connectivity index (χ3n) is 5.22. The van der Waals surface area contributed by atoms with Crippen molar-refractivity contribution >= 4 is 23.4 Å². The Bertz CT molecular complexity index is 841. The van der Waals surface area contributed by atoms with Gasteiger partial charge in [0.2, 0.25) is 11.8 Å². The molecule has 0 saturated heterocycles. The van der Waals surface area contributed by atoms with E-state index in [-0.39, 0.29) is 36.6 Å². The van der Waals surface area contributed by atoms with E-state index in [4.69, 9.17) is 11.6 Å². The molecule has 0 aliphatic rings. The fraction of sp³-hybridized carbons (Fsp3) is 0.417. The van der Waals surface area contributed by atoms with Crippen molar-refractivity contribution in [3.05, 3.63) is 70.5 Å². The molecule has 1 N–H and O–H groups in total. The van der Waals surface area contributed by atoms with Crippen LogP contribution in [0, 0.1) is 5.82 Å². The molecule has 2 amide bonds. The molecule has 6 heteroatoms. The van der Waals surface area contributed by atoms with E-state index in [1.165, 1.54) is 12.1 Å². The van der Waals surface area contributed by atoms with Crippen LogP contribution in [-0.2, 0) is 22.6 Å². The molecule has 0 spiro atoms. The van der Waals surface area contributed by atoms with E-state index in [2.05, 4.69) is 5.32 Å². The Balaban J connectivity index is 2.21. The van der Waals surface area contributed by atoms with Crippen LogP contribution >= 0.6 is 11.6 Å². The molecule has 2 rings (SSSR count). The summed E-state index contributed by atoms with van der Waals surface area (Å²) in [5, 5.41) is 3.60. The monoisotopic (exact) mass is 432 g/mol. The second kappa shape index (κ2) is 11.7. The molecule has 162 valence electrons. The fourth-order valence-electron chi connectivity index (χ4n) is 3.23. The molecule has 0 bridgehead atoms. The first-order valence-corrected chi connectivity index (χ1v) is 10.8. The van der Waals surface area contributed by atoms with Gasteiger partial charge in [0.1, 0.15) is 11.9 Å². The van der Waals surface area contributed by atoms with Gasteiger partial charge < -0.3 is 10.2 Å². The van der Waals surface area contributed by atoms with Gasteiger partial charge in [0.25, 0.3) is 0 Å². The predicted octanol–water partition coefficient (Wildman–Crippen LogP) is 5.13. The number of nitrogens with zero attached hydrogens (tertiary/aromatic N) is 1. The largest absolute Gasteiger partial charge is 0.352 e. The molecular formula is C24H30ClFN2O2. The molecule has 0 unspecified atom stereocenters. The summed E-state index contributed by atoms with van der Waals surface area (Å²) in [6.07, 6.45) is 2.02. The van der Waals surface area contributed by atoms with Crippen LogP contribution in [0.15, 0.2) is 48.5 Å². The van der Waals surface area contributed by atoms with Crippen LogP contribution in [0.4, 0.5) is 4.39 Å². The second-order valence-electron chi connectivity index (χ2n) is 7.48. The zero-order valence-electron chi connectivity index (χ0n) is 17.8. The number of amides is 2. The summed E-state index contributed by atoms with van der Waals surface area (Å²) in [7, 11) is 0. The highest BCUT2D eigenvalue weighted by Gasteiger charge is 2.29. The van der Waals surface area contributed by atoms with Crippen LogP contribution in [0.3, 0.4) is 0 Å². The van der Waals surface area contributed by atoms with Crippen LogP contribution in [-0.4, -0.2) is 28.8 Å². The molecule has 2 aromatic rings. The molecule has 2 atom stereocenters. The average Bonchev–Trinajstić information content (AvgIpc) is 2.74. The maximum atomic E-state index is 13.3. The van der Waals surface area contributed by atoms with Gasteiger partial charge in [-0.2, -0.15) is 0 Å². The zero-order chi connectivity index (χ0) is 22.1. The van der Waals surface area contributed by atoms with Crippen LogP contribution in [0.2, 0.25) is 5.02 Å². The number of benzene rings is 2. The maximum absolute atomic E-state index is 13.3. The van der Waals surface area contributed by atoms with Gasteiger partial charge in [-0.3, -0.25) is 9.59 Å². The molecular weight excluding hydrogens is 403 g/mol. The number of hydrogen-bond donors (Lipinski definition) is 1. The van der Waals surface area contributed by atoms with E-state index in [9.17, 15) is 14.0 Å². The van der Waals surface area contributed by atoms with Crippen molar-refractivity contribution in [2.45, 2.75) is 65.1 Å². The zero-order valence-corrected chi connectivity index (χ0v) is 18.6. The molecule has 0 aliphatic heterocycles. The Morgan fingerprint density at radius 3 is 2.33 bits per heavy atom. The van der Waals surface area contributed by atoms with Crippen LogP contribution in [0.5, 0.6) is 0 Å². The number of carbonyl (C=O) groups is 2. The van der Waals surface area contributed by atoms with E-state index in [1.807, 2.05) is 39.0 Å². The van der Waals surface area contributed by atoms with Gasteiger partial charge in [-0.25, -0.2) is 4.39 Å². The fourth-order valence-corrected chi connectivity index (χ4v) is 3.46. The molecule has 0 aliphatic carbocycles. The van der Waals surface area contributed by atoms with Gasteiger partial charge in [0.15, 0.2) is 0 Å². The molecule has 0 aromatic heterocycles. The van der Waals surface area contributed by atoms with Crippen molar-refractivity contribution in [1.29, 1.82) is 0 Å². The summed E-state index contributed by atoms with van der Waals surface area (Å²) in [4.78, 5) is 27.7. The first kappa shape index (κ1) is 23.9. The van der Waals surface area contributed by atoms with Crippen molar-refractivity contribution < 1.29 is 14.0 Å². The van der Waals surface area contributed by atoms with Crippen LogP contribution in [0.1, 0.15) is 51.2 Å². The van der Waals surface area contributed by atoms with E-state index in [1.54, 1.807) is 23.1 Å². The van der Waals surface area contributed by atoms with Gasteiger partial charge in [0, 0.05) is 24.0 Å². The summed E-state index contributed by atoms with van der Waals surface area (Å²) in [5.41, 5.74) is 1.67. The van der Waals surface area contributed by atoms with Crippen LogP contribution < -0.4 is 5.32 Å². The van der Waals surface area contributed by atoms with E-state index >= 15 is 0 Å². The predicted molar refractivity (Wildman–Crippen MR) is 119 cm³/mol. The van der Waals surface area contributed by atoms with E-state index in [0.29, 0.717) is 17.9 Å². The number of nitrogens with one attached hydrogen (secondary N) is 1. The quantitative estimate of drug-likeness (QED) is 0.565. The lowest BCUT2D eigenvalue weighted by molar-refractivity contribution is -0.141. The molecule has 0 heterocycles. The Labute approximate surface area is 183 Å². The SMILES string of the molecule is CC[C@@H](C)NC(=O)[C@H](CC)N(Cc1ccc(F)cc1)C(=O)CCc1ccccc1Cl. The summed E-state index contributed by atoms with van der Waals surface area (Å²) in [6, 6.07) is 12.9. The third-order valence-corrected chi connectivity index (χ3v) is 5.59. The number of carbonyl (C=O) groups excluding carboxylic acids is 2. The minimum atomic E-state index is -0.595. The summed E-state index contributed by atoms with van der Waals surface area (Å²) in [6.45, 7) is 6.07. The maximum Gasteiger partial charge on any atom is 0.243 e. The number of rotatable bonds is 10. The Hall–Kier alpha value is -2.40. The lowest BCUT2D eigenvalue weighted by Crippen LogP contribution is -2.50. The molecule has 0 saturated carbocycles. The lowest BCUT2D eigenvalue weighted by Gasteiger charge is -2.31. The van der Waals surface area contributed by atoms with Crippen molar-refractivity contribution in [1.82, 2.24) is 10.2 Å². The first-order chi connectivity index (χ1) is 14.3. The Morgan fingerprint density at radius 2 is 1.73 bits per heavy atom. The molecule has 4 nitrogen and oxygen atoms in total. The first-order valence-electron chi connectivity index (χ1n) is 10.4. The van der Waals surface area contributed by atoms with Crippen molar-refractivity contribution in [2.75, 3.05) is 0 Å². The number of halogens is 2. The van der Waals surface area contributed by atoms with Crippen molar-refractivity contribution in [3.63, 3.8) is 0 Å². The molecule has 2 aromatic carbocycles. The van der Waals surface area contributed by atoms with E-state index < -0.39 is 6.04 Å². The molecule has 30 heavy (non-hydrogen) atoms. The minimum Gasteiger partial charge on any atom is -0.352 e. The number of aryl methyl sites for hydroxylation is 1. The van der Waals surface area contributed by atoms with Gasteiger partial charge in [-0.1, -0.05) is 55.8 Å². The summed E-state index contributed by atoms with van der Waals surface area (Å²) < 4.78 is 13.3. The van der Waals surface area contributed by atoms with Gasteiger partial charge >= 0.3 is 0 Å². The van der Waals surface area contributed by atoms with E-state index in [0.717, 1.165) is 17.5 Å². The van der Waals surface area contributed by atoms with Gasteiger partial charge in [-0.15, -0.1) is 0 Å². The van der Waals surface area contributed by atoms with Crippen molar-refractivity contribution in [2.24, 2.45) is 0 Å². The van der Waals surface area contributed by atoms with Crippen LogP contribution in [0.25, 0.3) is 0 Å². The van der Waals surface area contributed by atoms with Gasteiger partial charge in [-0.05, 0) is 55.5 Å². The Morgan fingerprint density at radius 1 is 1.07 bits per heavy atom. The topological polar surface area (TPSA) is 49.4 Å². The summed E-state index contributed by atoms with van der Waals surface area (Å²) >= 11 is 6.22. The Kier molecular flexibility index (Phi) is 9.31. The smallest absolute Gasteiger partial charge is 0.243 e. The minimum absolute atomic E-state index is 0.0254. The highest BCUT2D eigenvalue weighted by atomic mass is 35.5. The molecule has 0 radical (unpaired) electrons. The third kappa shape index (κ3) is 6.84. The average molecular weight is 433 g/mol. The normalized spacial score (nSPS) is 12.8. The van der Waals surface area contributed by atoms with Gasteiger partial charge in [0.05, 0.1) is 0 Å².